The van der Waals surface area contributed by atoms with Crippen LogP contribution in [0.25, 0.3) is 10.9 Å². The van der Waals surface area contributed by atoms with Crippen LogP contribution in [-0.4, -0.2) is 24.2 Å². The van der Waals surface area contributed by atoms with Gasteiger partial charge in [-0.15, -0.1) is 0 Å². The SMILES string of the molecule is C=CCOc1cc2[nH]c(C(=O)OCC)cc2cc1Br. The molecule has 0 bridgehead atoms. The van der Waals surface area contributed by atoms with Crippen LogP contribution >= 0.6 is 15.9 Å². The number of hydrogen-bond donors (Lipinski definition) is 1. The van der Waals surface area contributed by atoms with Gasteiger partial charge >= 0.3 is 5.97 Å². The standard InChI is InChI=1S/C14H14BrNO3/c1-3-5-19-13-8-11-9(6-10(13)15)7-12(16-11)14(17)18-4-2/h3,6-8,16H,1,4-5H2,2H3. The van der Waals surface area contributed by atoms with Crippen molar-refractivity contribution in [1.82, 2.24) is 4.98 Å². The van der Waals surface area contributed by atoms with Crippen molar-refractivity contribution >= 4 is 32.8 Å². The van der Waals surface area contributed by atoms with E-state index in [2.05, 4.69) is 27.5 Å². The molecule has 0 aliphatic rings. The molecule has 1 heterocycles. The number of ether oxygens (including phenoxy) is 2. The molecule has 2 aromatic rings. The van der Waals surface area contributed by atoms with E-state index < -0.39 is 0 Å². The first-order valence-electron chi connectivity index (χ1n) is 5.88. The van der Waals surface area contributed by atoms with E-state index in [4.69, 9.17) is 9.47 Å². The molecule has 5 heteroatoms. The fourth-order valence-corrected chi connectivity index (χ4v) is 2.19. The highest BCUT2D eigenvalue weighted by atomic mass is 79.9. The van der Waals surface area contributed by atoms with Crippen LogP contribution in [0, 0.1) is 0 Å². The largest absolute Gasteiger partial charge is 0.488 e. The molecule has 1 N–H and O–H groups in total. The Bertz CT molecular complexity index is 618. The van der Waals surface area contributed by atoms with Crippen LogP contribution in [0.3, 0.4) is 0 Å². The Morgan fingerprint density at radius 1 is 1.47 bits per heavy atom. The van der Waals surface area contributed by atoms with Crippen LogP contribution in [0.5, 0.6) is 5.75 Å². The van der Waals surface area contributed by atoms with Crippen LogP contribution in [-0.2, 0) is 4.74 Å². The number of benzene rings is 1. The lowest BCUT2D eigenvalue weighted by Crippen LogP contribution is -2.04. The topological polar surface area (TPSA) is 51.3 Å². The quantitative estimate of drug-likeness (QED) is 0.674. The van der Waals surface area contributed by atoms with Crippen molar-refractivity contribution in [3.8, 4) is 5.75 Å². The first-order valence-corrected chi connectivity index (χ1v) is 6.68. The minimum Gasteiger partial charge on any atom is -0.488 e. The minimum atomic E-state index is -0.358. The van der Waals surface area contributed by atoms with E-state index >= 15 is 0 Å². The average Bonchev–Trinajstić information content (AvgIpc) is 2.79. The van der Waals surface area contributed by atoms with Crippen LogP contribution in [0.2, 0.25) is 0 Å². The fourth-order valence-electron chi connectivity index (χ4n) is 1.71. The van der Waals surface area contributed by atoms with Crippen molar-refractivity contribution in [2.45, 2.75) is 6.92 Å². The van der Waals surface area contributed by atoms with E-state index in [0.717, 1.165) is 15.4 Å². The van der Waals surface area contributed by atoms with E-state index in [-0.39, 0.29) is 5.97 Å². The first-order chi connectivity index (χ1) is 9.15. The zero-order valence-corrected chi connectivity index (χ0v) is 12.1. The maximum atomic E-state index is 11.6. The zero-order valence-electron chi connectivity index (χ0n) is 10.5. The number of carbonyl (C=O) groups is 1. The number of aromatic amines is 1. The summed E-state index contributed by atoms with van der Waals surface area (Å²) < 4.78 is 11.3. The Hall–Kier alpha value is -1.75. The zero-order chi connectivity index (χ0) is 13.8. The number of aromatic nitrogens is 1. The van der Waals surface area contributed by atoms with E-state index in [1.165, 1.54) is 0 Å². The lowest BCUT2D eigenvalue weighted by molar-refractivity contribution is 0.0520. The molecule has 100 valence electrons. The number of esters is 1. The summed E-state index contributed by atoms with van der Waals surface area (Å²) in [5, 5.41) is 0.917. The number of H-pyrrole nitrogens is 1. The van der Waals surface area contributed by atoms with Crippen molar-refractivity contribution in [3.05, 3.63) is 41.0 Å². The molecule has 0 unspecified atom stereocenters. The summed E-state index contributed by atoms with van der Waals surface area (Å²) >= 11 is 3.44. The van der Waals surface area contributed by atoms with Gasteiger partial charge in [-0.25, -0.2) is 4.79 Å². The van der Waals surface area contributed by atoms with Gasteiger partial charge in [-0.2, -0.15) is 0 Å². The predicted molar refractivity (Wildman–Crippen MR) is 77.6 cm³/mol. The minimum absolute atomic E-state index is 0.353. The summed E-state index contributed by atoms with van der Waals surface area (Å²) in [5.41, 5.74) is 1.26. The number of hydrogen-bond acceptors (Lipinski definition) is 3. The maximum Gasteiger partial charge on any atom is 0.354 e. The van der Waals surface area contributed by atoms with Gasteiger partial charge < -0.3 is 14.5 Å². The number of rotatable bonds is 5. The van der Waals surface area contributed by atoms with Gasteiger partial charge in [0.2, 0.25) is 0 Å². The monoisotopic (exact) mass is 323 g/mol. The fraction of sp³-hybridized carbons (Fsp3) is 0.214. The normalized spacial score (nSPS) is 10.4. The van der Waals surface area contributed by atoms with Crippen molar-refractivity contribution in [2.24, 2.45) is 0 Å². The number of carbonyl (C=O) groups excluding carboxylic acids is 1. The lowest BCUT2D eigenvalue weighted by Gasteiger charge is -2.05. The van der Waals surface area contributed by atoms with Crippen LogP contribution in [0.15, 0.2) is 35.3 Å². The third-order valence-corrected chi connectivity index (χ3v) is 3.14. The van der Waals surface area contributed by atoms with Gasteiger partial charge in [0.15, 0.2) is 0 Å². The van der Waals surface area contributed by atoms with Gasteiger partial charge in [-0.05, 0) is 35.0 Å². The average molecular weight is 324 g/mol. The molecule has 0 spiro atoms. The van der Waals surface area contributed by atoms with Gasteiger partial charge in [0.25, 0.3) is 0 Å². The van der Waals surface area contributed by atoms with E-state index in [9.17, 15) is 4.79 Å². The highest BCUT2D eigenvalue weighted by Crippen LogP contribution is 2.30. The van der Waals surface area contributed by atoms with Crippen molar-refractivity contribution in [2.75, 3.05) is 13.2 Å². The molecule has 0 atom stereocenters. The molecule has 0 amide bonds. The summed E-state index contributed by atoms with van der Waals surface area (Å²) in [5.74, 6) is 0.341. The highest BCUT2D eigenvalue weighted by molar-refractivity contribution is 9.10. The molecule has 2 rings (SSSR count). The van der Waals surface area contributed by atoms with E-state index in [1.54, 1.807) is 19.1 Å². The first kappa shape index (κ1) is 13.7. The Morgan fingerprint density at radius 3 is 2.95 bits per heavy atom. The summed E-state index contributed by atoms with van der Waals surface area (Å²) in [6, 6.07) is 5.49. The van der Waals surface area contributed by atoms with E-state index in [0.29, 0.717) is 24.7 Å². The van der Waals surface area contributed by atoms with Gasteiger partial charge in [0.05, 0.1) is 11.1 Å². The van der Waals surface area contributed by atoms with Crippen LogP contribution in [0.1, 0.15) is 17.4 Å². The third kappa shape index (κ3) is 2.98. The van der Waals surface area contributed by atoms with Crippen molar-refractivity contribution in [3.63, 3.8) is 0 Å². The highest BCUT2D eigenvalue weighted by Gasteiger charge is 2.12. The third-order valence-electron chi connectivity index (χ3n) is 2.53. The van der Waals surface area contributed by atoms with Crippen LogP contribution < -0.4 is 4.74 Å². The molecule has 1 aromatic carbocycles. The summed E-state index contributed by atoms with van der Waals surface area (Å²) in [6.07, 6.45) is 1.68. The van der Waals surface area contributed by atoms with Crippen molar-refractivity contribution in [1.29, 1.82) is 0 Å². The van der Waals surface area contributed by atoms with Gasteiger partial charge in [-0.3, -0.25) is 0 Å². The second-order valence-electron chi connectivity index (χ2n) is 3.87. The van der Waals surface area contributed by atoms with Gasteiger partial charge in [-0.1, -0.05) is 12.7 Å². The second-order valence-corrected chi connectivity index (χ2v) is 4.73. The molecule has 0 aliphatic carbocycles. The lowest BCUT2D eigenvalue weighted by atomic mass is 10.2. The molecule has 0 saturated carbocycles. The number of nitrogens with one attached hydrogen (secondary N) is 1. The Labute approximate surface area is 119 Å². The Balaban J connectivity index is 2.37. The molecule has 0 radical (unpaired) electrons. The maximum absolute atomic E-state index is 11.6. The Morgan fingerprint density at radius 2 is 2.26 bits per heavy atom. The molecule has 1 aromatic heterocycles. The van der Waals surface area contributed by atoms with Gasteiger partial charge in [0.1, 0.15) is 18.1 Å². The number of halogens is 1. The number of fused-ring (bicyclic) bond motifs is 1. The molecule has 0 aliphatic heterocycles. The second kappa shape index (κ2) is 5.93. The summed E-state index contributed by atoms with van der Waals surface area (Å²) in [6.45, 7) is 6.16. The molecule has 4 nitrogen and oxygen atoms in total. The summed E-state index contributed by atoms with van der Waals surface area (Å²) in [4.78, 5) is 14.7. The summed E-state index contributed by atoms with van der Waals surface area (Å²) in [7, 11) is 0. The Kier molecular flexibility index (Phi) is 4.27. The van der Waals surface area contributed by atoms with E-state index in [1.807, 2.05) is 12.1 Å². The smallest absolute Gasteiger partial charge is 0.354 e. The molecule has 19 heavy (non-hydrogen) atoms. The predicted octanol–water partition coefficient (Wildman–Crippen LogP) is 3.67. The van der Waals surface area contributed by atoms with Crippen molar-refractivity contribution < 1.29 is 14.3 Å². The van der Waals surface area contributed by atoms with Crippen LogP contribution in [0.4, 0.5) is 0 Å². The molecular formula is C14H14BrNO3. The molecule has 0 fully saturated rings. The molecular weight excluding hydrogens is 310 g/mol. The molecule has 0 saturated heterocycles. The van der Waals surface area contributed by atoms with Gasteiger partial charge in [0, 0.05) is 17.0 Å².